The van der Waals surface area contributed by atoms with Crippen LogP contribution in [0, 0.1) is 29.1 Å². The summed E-state index contributed by atoms with van der Waals surface area (Å²) >= 11 is 0. The zero-order chi connectivity index (χ0) is 21.4. The van der Waals surface area contributed by atoms with Crippen LogP contribution in [0.25, 0.3) is 0 Å². The highest BCUT2D eigenvalue weighted by atomic mass is 28.4. The Morgan fingerprint density at radius 1 is 0.857 bits per heavy atom. The highest BCUT2D eigenvalue weighted by molar-refractivity contribution is 6.70. The first-order valence-electron chi connectivity index (χ1n) is 8.62. The van der Waals surface area contributed by atoms with Crippen LogP contribution >= 0.6 is 0 Å². The summed E-state index contributed by atoms with van der Waals surface area (Å²) in [5.41, 5.74) is -0.310. The lowest BCUT2D eigenvalue weighted by molar-refractivity contribution is 0.381. The monoisotopic (exact) mass is 415 g/mol. The van der Waals surface area contributed by atoms with Gasteiger partial charge in [0.15, 0.2) is 23.3 Å². The summed E-state index contributed by atoms with van der Waals surface area (Å²) in [6, 6.07) is 5.20. The van der Waals surface area contributed by atoms with E-state index in [1.807, 2.05) is 46.5 Å². The first-order valence-corrected chi connectivity index (χ1v) is 12.0. The van der Waals surface area contributed by atoms with Crippen LogP contribution in [0.5, 0.6) is 5.75 Å². The molecule has 0 unspecified atom stereocenters. The molecule has 0 bridgehead atoms. The molecule has 0 aromatic heterocycles. The molecule has 0 saturated heterocycles. The van der Waals surface area contributed by atoms with Gasteiger partial charge in [0.2, 0.25) is 14.1 Å². The van der Waals surface area contributed by atoms with Crippen LogP contribution in [0.4, 0.5) is 27.6 Å². The van der Waals surface area contributed by atoms with Crippen molar-refractivity contribution in [3.63, 3.8) is 0 Å². The Bertz CT molecular complexity index is 901. The van der Waals surface area contributed by atoms with Crippen LogP contribution in [0.1, 0.15) is 31.9 Å². The van der Waals surface area contributed by atoms with Crippen molar-refractivity contribution in [2.75, 3.05) is 0 Å². The fraction of sp³-hybridized carbons (Fsp3) is 0.350. The molecule has 0 amide bonds. The third-order valence-corrected chi connectivity index (χ3v) is 4.60. The van der Waals surface area contributed by atoms with Crippen LogP contribution in [0.2, 0.25) is 19.6 Å². The summed E-state index contributed by atoms with van der Waals surface area (Å²) < 4.78 is 73.9. The van der Waals surface area contributed by atoms with Gasteiger partial charge in [-0.15, -0.1) is 0 Å². The van der Waals surface area contributed by atoms with Crippen LogP contribution in [0.3, 0.4) is 0 Å². The molecule has 0 heterocycles. The fourth-order valence-corrected chi connectivity index (χ4v) is 3.35. The molecule has 0 aliphatic heterocycles. The Balaban J connectivity index is 2.65. The molecule has 2 rings (SSSR count). The van der Waals surface area contributed by atoms with E-state index in [1.165, 1.54) is 0 Å². The Morgan fingerprint density at radius 3 is 1.82 bits per heavy atom. The van der Waals surface area contributed by atoms with E-state index < -0.39 is 43.1 Å². The predicted octanol–water partition coefficient (Wildman–Crippen LogP) is 6.64. The summed E-state index contributed by atoms with van der Waals surface area (Å²) in [5, 5.41) is 0. The third kappa shape index (κ3) is 4.60. The highest BCUT2D eigenvalue weighted by Crippen LogP contribution is 2.36. The van der Waals surface area contributed by atoms with E-state index in [4.69, 9.17) is 4.43 Å². The third-order valence-electron chi connectivity index (χ3n) is 3.78. The van der Waals surface area contributed by atoms with Gasteiger partial charge in [-0.05, 0) is 36.7 Å². The second kappa shape index (κ2) is 7.65. The fourth-order valence-electron chi connectivity index (χ4n) is 2.51. The van der Waals surface area contributed by atoms with Crippen LogP contribution in [-0.4, -0.2) is 14.5 Å². The normalized spacial score (nSPS) is 12.7. The minimum Gasteiger partial charge on any atom is -0.544 e. The molecule has 0 radical (unpaired) electrons. The number of aliphatic imine (C=N–C) groups is 1. The maximum Gasteiger partial charge on any atom is 0.242 e. The van der Waals surface area contributed by atoms with Gasteiger partial charge in [-0.1, -0.05) is 32.9 Å². The molecule has 28 heavy (non-hydrogen) atoms. The Hall–Kier alpha value is -2.22. The van der Waals surface area contributed by atoms with Crippen molar-refractivity contribution in [3.8, 4) is 5.75 Å². The molecule has 2 aromatic carbocycles. The first kappa shape index (κ1) is 22.1. The lowest BCUT2D eigenvalue weighted by atomic mass is 9.85. The van der Waals surface area contributed by atoms with Crippen molar-refractivity contribution >= 4 is 20.2 Å². The average Bonchev–Trinajstić information content (AvgIpc) is 2.57. The van der Waals surface area contributed by atoms with E-state index in [0.717, 1.165) is 11.8 Å². The molecule has 0 aliphatic rings. The van der Waals surface area contributed by atoms with Crippen molar-refractivity contribution in [1.82, 2.24) is 0 Å². The smallest absolute Gasteiger partial charge is 0.242 e. The summed E-state index contributed by atoms with van der Waals surface area (Å²) in [4.78, 5) is 3.57. The lowest BCUT2D eigenvalue weighted by Gasteiger charge is -2.28. The van der Waals surface area contributed by atoms with E-state index >= 15 is 0 Å². The second-order valence-corrected chi connectivity index (χ2v) is 12.8. The van der Waals surface area contributed by atoms with Gasteiger partial charge in [0.25, 0.3) is 0 Å². The van der Waals surface area contributed by atoms with E-state index in [-0.39, 0.29) is 5.41 Å². The molecular formula is C20H22F5NOSi. The molecule has 0 fully saturated rings. The van der Waals surface area contributed by atoms with E-state index in [2.05, 4.69) is 4.99 Å². The van der Waals surface area contributed by atoms with Gasteiger partial charge in [0, 0.05) is 11.8 Å². The molecule has 0 atom stereocenters. The maximum atomic E-state index is 13.9. The number of para-hydroxylation sites is 1. The van der Waals surface area contributed by atoms with Gasteiger partial charge in [-0.2, -0.15) is 0 Å². The molecule has 0 N–H and O–H groups in total. The lowest BCUT2D eigenvalue weighted by Crippen LogP contribution is -2.31. The van der Waals surface area contributed by atoms with Gasteiger partial charge >= 0.3 is 0 Å². The number of rotatable bonds is 4. The molecule has 2 aromatic rings. The van der Waals surface area contributed by atoms with Crippen molar-refractivity contribution in [2.45, 2.75) is 45.8 Å². The zero-order valence-electron chi connectivity index (χ0n) is 16.6. The predicted molar refractivity (Wildman–Crippen MR) is 103 cm³/mol. The standard InChI is InChI=1S/C20H22F5NOSi/c1-20(2,3)12-9-7-8-11(19(12)27-28(4,5)6)10-26-18-16(24)14(22)13(21)15(23)17(18)25/h7-10H,1-6H3. The molecule has 8 heteroatoms. The minimum absolute atomic E-state index is 0.302. The zero-order valence-corrected chi connectivity index (χ0v) is 17.6. The van der Waals surface area contributed by atoms with Crippen LogP contribution in [-0.2, 0) is 5.41 Å². The summed E-state index contributed by atoms with van der Waals surface area (Å²) in [6.07, 6.45) is 1.06. The molecule has 2 nitrogen and oxygen atoms in total. The number of hydrogen-bond acceptors (Lipinski definition) is 2. The van der Waals surface area contributed by atoms with Crippen LogP contribution in [0.15, 0.2) is 23.2 Å². The average molecular weight is 415 g/mol. The summed E-state index contributed by atoms with van der Waals surface area (Å²) in [7, 11) is -2.07. The van der Waals surface area contributed by atoms with Gasteiger partial charge in [-0.3, -0.25) is 0 Å². The Morgan fingerprint density at radius 2 is 1.36 bits per heavy atom. The van der Waals surface area contributed by atoms with Crippen molar-refractivity contribution in [2.24, 2.45) is 4.99 Å². The summed E-state index contributed by atoms with van der Waals surface area (Å²) in [5.74, 6) is -9.76. The Labute approximate surface area is 162 Å². The van der Waals surface area contributed by atoms with E-state index in [1.54, 1.807) is 12.1 Å². The number of hydrogen-bond donors (Lipinski definition) is 0. The molecule has 0 spiro atoms. The van der Waals surface area contributed by atoms with Crippen LogP contribution < -0.4 is 4.43 Å². The number of halogens is 5. The topological polar surface area (TPSA) is 21.6 Å². The van der Waals surface area contributed by atoms with Crippen molar-refractivity contribution in [1.29, 1.82) is 0 Å². The molecule has 0 saturated carbocycles. The highest BCUT2D eigenvalue weighted by Gasteiger charge is 2.27. The summed E-state index contributed by atoms with van der Waals surface area (Å²) in [6.45, 7) is 11.8. The largest absolute Gasteiger partial charge is 0.544 e. The van der Waals surface area contributed by atoms with Crippen molar-refractivity contribution < 1.29 is 26.4 Å². The number of benzene rings is 2. The van der Waals surface area contributed by atoms with Gasteiger partial charge < -0.3 is 4.43 Å². The van der Waals surface area contributed by atoms with Crippen molar-refractivity contribution in [3.05, 3.63) is 58.4 Å². The van der Waals surface area contributed by atoms with Gasteiger partial charge in [0.05, 0.1) is 0 Å². The Kier molecular flexibility index (Phi) is 6.03. The van der Waals surface area contributed by atoms with E-state index in [0.29, 0.717) is 11.3 Å². The van der Waals surface area contributed by atoms with Gasteiger partial charge in [0.1, 0.15) is 11.4 Å². The maximum absolute atomic E-state index is 13.9. The minimum atomic E-state index is -2.22. The quantitative estimate of drug-likeness (QED) is 0.180. The van der Waals surface area contributed by atoms with Gasteiger partial charge in [-0.25, -0.2) is 26.9 Å². The molecular weight excluding hydrogens is 393 g/mol. The molecule has 152 valence electrons. The first-order chi connectivity index (χ1) is 12.7. The van der Waals surface area contributed by atoms with E-state index in [9.17, 15) is 22.0 Å². The second-order valence-electron chi connectivity index (χ2n) is 8.37. The number of nitrogens with zero attached hydrogens (tertiary/aromatic N) is 1. The SMILES string of the molecule is CC(C)(C)c1cccc(C=Nc2c(F)c(F)c(F)c(F)c2F)c1O[Si](C)(C)C. The molecule has 0 aliphatic carbocycles.